The maximum Gasteiger partial charge on any atom is 0.0700 e. The van der Waals surface area contributed by atoms with Crippen molar-refractivity contribution in [2.75, 3.05) is 26.9 Å². The van der Waals surface area contributed by atoms with Gasteiger partial charge in [-0.15, -0.1) is 0 Å². The van der Waals surface area contributed by atoms with Crippen molar-refractivity contribution in [1.29, 1.82) is 0 Å². The lowest BCUT2D eigenvalue weighted by Gasteiger charge is -2.10. The largest absolute Gasteiger partial charge is 0.393 e. The quantitative estimate of drug-likeness (QED) is 0.553. The van der Waals surface area contributed by atoms with Crippen molar-refractivity contribution >= 4 is 0 Å². The summed E-state index contributed by atoms with van der Waals surface area (Å²) in [4.78, 5) is 0. The molecule has 0 aliphatic carbocycles. The molecular formula is C11H24O3. The van der Waals surface area contributed by atoms with E-state index >= 15 is 0 Å². The second kappa shape index (κ2) is 11.0. The molecule has 0 aromatic heterocycles. The van der Waals surface area contributed by atoms with Gasteiger partial charge in [0.2, 0.25) is 0 Å². The van der Waals surface area contributed by atoms with Crippen molar-refractivity contribution in [3.05, 3.63) is 0 Å². The first-order chi connectivity index (χ1) is 6.81. The van der Waals surface area contributed by atoms with Gasteiger partial charge in [0, 0.05) is 13.7 Å². The second-order valence-corrected chi connectivity index (χ2v) is 3.54. The molecule has 0 radical (unpaired) electrons. The zero-order valence-electron chi connectivity index (χ0n) is 9.50. The maximum absolute atomic E-state index is 9.52. The van der Waals surface area contributed by atoms with Crippen LogP contribution in [-0.2, 0) is 9.47 Å². The molecule has 0 amide bonds. The van der Waals surface area contributed by atoms with Gasteiger partial charge in [0.05, 0.1) is 19.3 Å². The molecule has 3 heteroatoms. The average Bonchev–Trinajstić information content (AvgIpc) is 2.18. The van der Waals surface area contributed by atoms with Crippen molar-refractivity contribution in [3.63, 3.8) is 0 Å². The van der Waals surface area contributed by atoms with E-state index < -0.39 is 0 Å². The first-order valence-corrected chi connectivity index (χ1v) is 5.56. The lowest BCUT2D eigenvalue weighted by atomic mass is 10.1. The Morgan fingerprint density at radius 2 is 1.86 bits per heavy atom. The maximum atomic E-state index is 9.52. The van der Waals surface area contributed by atoms with Gasteiger partial charge < -0.3 is 14.6 Å². The first-order valence-electron chi connectivity index (χ1n) is 5.56. The van der Waals surface area contributed by atoms with Crippen LogP contribution in [-0.4, -0.2) is 38.1 Å². The van der Waals surface area contributed by atoms with Crippen molar-refractivity contribution in [3.8, 4) is 0 Å². The van der Waals surface area contributed by atoms with Crippen LogP contribution in [0.1, 0.15) is 39.0 Å². The average molecular weight is 204 g/mol. The van der Waals surface area contributed by atoms with Crippen molar-refractivity contribution in [2.24, 2.45) is 0 Å². The number of methoxy groups -OCH3 is 1. The van der Waals surface area contributed by atoms with Crippen LogP contribution in [0.2, 0.25) is 0 Å². The molecule has 0 aromatic rings. The Morgan fingerprint density at radius 3 is 2.50 bits per heavy atom. The Bertz CT molecular complexity index is 107. The first kappa shape index (κ1) is 13.9. The minimum Gasteiger partial charge on any atom is -0.393 e. The molecule has 14 heavy (non-hydrogen) atoms. The van der Waals surface area contributed by atoms with Crippen molar-refractivity contribution in [2.45, 2.75) is 45.1 Å². The number of ether oxygens (including phenoxy) is 2. The van der Waals surface area contributed by atoms with Gasteiger partial charge in [0.25, 0.3) is 0 Å². The van der Waals surface area contributed by atoms with Gasteiger partial charge >= 0.3 is 0 Å². The molecular weight excluding hydrogens is 180 g/mol. The van der Waals surface area contributed by atoms with E-state index in [1.807, 2.05) is 0 Å². The van der Waals surface area contributed by atoms with Crippen LogP contribution in [0.25, 0.3) is 0 Å². The molecule has 1 N–H and O–H groups in total. The summed E-state index contributed by atoms with van der Waals surface area (Å²) in [5.74, 6) is 0. The molecule has 1 atom stereocenters. The number of aliphatic hydroxyl groups is 1. The fraction of sp³-hybridized carbons (Fsp3) is 1.00. The number of rotatable bonds is 10. The Hall–Kier alpha value is -0.120. The Labute approximate surface area is 87.4 Å². The SMILES string of the molecule is CCCCCC(O)CCOCCOC. The molecule has 0 spiro atoms. The summed E-state index contributed by atoms with van der Waals surface area (Å²) in [5.41, 5.74) is 0. The molecule has 0 rings (SSSR count). The summed E-state index contributed by atoms with van der Waals surface area (Å²) < 4.78 is 10.1. The van der Waals surface area contributed by atoms with E-state index in [0.29, 0.717) is 19.8 Å². The van der Waals surface area contributed by atoms with E-state index in [2.05, 4.69) is 6.92 Å². The monoisotopic (exact) mass is 204 g/mol. The Morgan fingerprint density at radius 1 is 1.07 bits per heavy atom. The summed E-state index contributed by atoms with van der Waals surface area (Å²) in [6, 6.07) is 0. The van der Waals surface area contributed by atoms with Gasteiger partial charge in [0.15, 0.2) is 0 Å². The molecule has 0 saturated carbocycles. The van der Waals surface area contributed by atoms with Gasteiger partial charge in [-0.25, -0.2) is 0 Å². The number of hydrogen-bond donors (Lipinski definition) is 1. The van der Waals surface area contributed by atoms with Crippen LogP contribution >= 0.6 is 0 Å². The van der Waals surface area contributed by atoms with Crippen LogP contribution < -0.4 is 0 Å². The highest BCUT2D eigenvalue weighted by Gasteiger charge is 2.02. The van der Waals surface area contributed by atoms with Gasteiger partial charge in [-0.1, -0.05) is 26.2 Å². The topological polar surface area (TPSA) is 38.7 Å². The van der Waals surface area contributed by atoms with Gasteiger partial charge in [0.1, 0.15) is 0 Å². The molecule has 0 heterocycles. The fourth-order valence-corrected chi connectivity index (χ4v) is 1.24. The number of hydrogen-bond acceptors (Lipinski definition) is 3. The summed E-state index contributed by atoms with van der Waals surface area (Å²) >= 11 is 0. The van der Waals surface area contributed by atoms with Crippen LogP contribution in [0, 0.1) is 0 Å². The zero-order valence-corrected chi connectivity index (χ0v) is 9.50. The second-order valence-electron chi connectivity index (χ2n) is 3.54. The molecule has 1 unspecified atom stereocenters. The van der Waals surface area contributed by atoms with E-state index in [1.54, 1.807) is 7.11 Å². The standard InChI is InChI=1S/C11H24O3/c1-3-4-5-6-11(12)7-8-14-10-9-13-2/h11-12H,3-10H2,1-2H3. The summed E-state index contributed by atoms with van der Waals surface area (Å²) in [7, 11) is 1.66. The molecule has 0 aromatic carbocycles. The molecule has 3 nitrogen and oxygen atoms in total. The molecule has 0 aliphatic heterocycles. The van der Waals surface area contributed by atoms with Crippen molar-refractivity contribution in [1.82, 2.24) is 0 Å². The van der Waals surface area contributed by atoms with E-state index in [-0.39, 0.29) is 6.10 Å². The molecule has 0 aliphatic rings. The number of unbranched alkanes of at least 4 members (excludes halogenated alkanes) is 2. The summed E-state index contributed by atoms with van der Waals surface area (Å²) in [6.07, 6.45) is 4.99. The van der Waals surface area contributed by atoms with E-state index in [9.17, 15) is 5.11 Å². The third kappa shape index (κ3) is 9.96. The fourth-order valence-electron chi connectivity index (χ4n) is 1.24. The van der Waals surface area contributed by atoms with E-state index in [4.69, 9.17) is 9.47 Å². The molecule has 86 valence electrons. The Kier molecular flexibility index (Phi) is 10.9. The van der Waals surface area contributed by atoms with Gasteiger partial charge in [-0.3, -0.25) is 0 Å². The molecule has 0 fully saturated rings. The molecule has 0 saturated heterocycles. The summed E-state index contributed by atoms with van der Waals surface area (Å²) in [6.45, 7) is 4.06. The van der Waals surface area contributed by atoms with Crippen LogP contribution in [0.5, 0.6) is 0 Å². The van der Waals surface area contributed by atoms with Gasteiger partial charge in [-0.05, 0) is 12.8 Å². The highest BCUT2D eigenvalue weighted by atomic mass is 16.5. The highest BCUT2D eigenvalue weighted by molar-refractivity contribution is 4.55. The van der Waals surface area contributed by atoms with Crippen LogP contribution in [0.3, 0.4) is 0 Å². The lowest BCUT2D eigenvalue weighted by Crippen LogP contribution is -2.12. The molecule has 0 bridgehead atoms. The van der Waals surface area contributed by atoms with E-state index in [0.717, 1.165) is 19.3 Å². The van der Waals surface area contributed by atoms with Gasteiger partial charge in [-0.2, -0.15) is 0 Å². The Balaban J connectivity index is 3.06. The smallest absolute Gasteiger partial charge is 0.0700 e. The summed E-state index contributed by atoms with van der Waals surface area (Å²) in [5, 5.41) is 9.52. The normalized spacial score (nSPS) is 13.1. The minimum absolute atomic E-state index is 0.191. The number of aliphatic hydroxyl groups excluding tert-OH is 1. The minimum atomic E-state index is -0.191. The highest BCUT2D eigenvalue weighted by Crippen LogP contribution is 2.06. The zero-order chi connectivity index (χ0) is 10.6. The predicted molar refractivity (Wildman–Crippen MR) is 57.5 cm³/mol. The van der Waals surface area contributed by atoms with Crippen LogP contribution in [0.15, 0.2) is 0 Å². The third-order valence-corrected chi connectivity index (χ3v) is 2.17. The predicted octanol–water partition coefficient (Wildman–Crippen LogP) is 1.98. The van der Waals surface area contributed by atoms with Crippen molar-refractivity contribution < 1.29 is 14.6 Å². The van der Waals surface area contributed by atoms with E-state index in [1.165, 1.54) is 12.8 Å². The lowest BCUT2D eigenvalue weighted by molar-refractivity contribution is 0.0454. The third-order valence-electron chi connectivity index (χ3n) is 2.17. The van der Waals surface area contributed by atoms with Crippen LogP contribution in [0.4, 0.5) is 0 Å².